The molecule has 1 aromatic rings. The highest BCUT2D eigenvalue weighted by Gasteiger charge is 2.26. The number of aromatic nitrogens is 1. The lowest BCUT2D eigenvalue weighted by Crippen LogP contribution is -2.15. The second kappa shape index (κ2) is 4.14. The van der Waals surface area contributed by atoms with Crippen LogP contribution in [-0.4, -0.2) is 18.5 Å². The number of nitrogens with zero attached hydrogens (tertiary/aromatic N) is 1. The van der Waals surface area contributed by atoms with Gasteiger partial charge in [0.1, 0.15) is 8.60 Å². The summed E-state index contributed by atoms with van der Waals surface area (Å²) in [5, 5.41) is 13.9. The number of rotatable bonds is 2. The van der Waals surface area contributed by atoms with Gasteiger partial charge in [0.05, 0.1) is 5.56 Å². The van der Waals surface area contributed by atoms with Crippen LogP contribution in [0.3, 0.4) is 0 Å². The van der Waals surface area contributed by atoms with Crippen LogP contribution in [0.4, 0.5) is 8.78 Å². The van der Waals surface area contributed by atoms with Crippen molar-refractivity contribution in [2.45, 2.75) is 11.3 Å². The van der Waals surface area contributed by atoms with Crippen molar-refractivity contribution in [3.8, 4) is 5.75 Å². The van der Waals surface area contributed by atoms with E-state index in [1.54, 1.807) is 0 Å². The molecule has 9 heteroatoms. The van der Waals surface area contributed by atoms with E-state index in [2.05, 4.69) is 4.98 Å². The van der Waals surface area contributed by atoms with Gasteiger partial charge in [0.25, 0.3) is 6.43 Å². The second-order valence-electron chi connectivity index (χ2n) is 2.52. The Bertz CT molecular complexity index is 491. The minimum atomic E-state index is -4.32. The molecule has 0 radical (unpaired) electrons. The first-order valence-corrected chi connectivity index (χ1v) is 6.06. The first-order valence-electron chi connectivity index (χ1n) is 3.43. The van der Waals surface area contributed by atoms with Gasteiger partial charge < -0.3 is 5.11 Å². The van der Waals surface area contributed by atoms with Crippen molar-refractivity contribution >= 4 is 32.6 Å². The second-order valence-corrected chi connectivity index (χ2v) is 5.07. The Hall–Kier alpha value is -0.550. The molecule has 0 unspecified atom stereocenters. The first kappa shape index (κ1) is 12.5. The molecule has 1 heterocycles. The number of alkyl halides is 2. The van der Waals surface area contributed by atoms with Crippen molar-refractivity contribution in [2.75, 3.05) is 0 Å². The van der Waals surface area contributed by atoms with E-state index < -0.39 is 32.7 Å². The lowest BCUT2D eigenvalue weighted by Gasteiger charge is -2.09. The van der Waals surface area contributed by atoms with Crippen molar-refractivity contribution in [3.05, 3.63) is 15.5 Å². The fraction of sp³-hybridized carbons (Fsp3) is 0.167. The number of hydrogen-bond donors (Lipinski definition) is 2. The number of nitrogens with two attached hydrogens (primary N) is 1. The van der Waals surface area contributed by atoms with Crippen LogP contribution < -0.4 is 5.14 Å². The van der Waals surface area contributed by atoms with Crippen molar-refractivity contribution < 1.29 is 22.3 Å². The molecule has 3 N–H and O–H groups in total. The van der Waals surface area contributed by atoms with Crippen molar-refractivity contribution in [2.24, 2.45) is 5.14 Å². The third-order valence-corrected chi connectivity index (χ3v) is 3.26. The zero-order chi connectivity index (χ0) is 11.8. The Labute approximate surface area is 97.5 Å². The molecule has 84 valence electrons. The summed E-state index contributed by atoms with van der Waals surface area (Å²) in [6.45, 7) is 0. The highest BCUT2D eigenvalue weighted by Crippen LogP contribution is 2.35. The average Bonchev–Trinajstić information content (AvgIpc) is 2.06. The predicted octanol–water partition coefficient (Wildman–Crippen LogP) is 0.977. The van der Waals surface area contributed by atoms with Crippen LogP contribution in [0.5, 0.6) is 5.75 Å². The van der Waals surface area contributed by atoms with Crippen LogP contribution >= 0.6 is 22.6 Å². The van der Waals surface area contributed by atoms with Gasteiger partial charge >= 0.3 is 0 Å². The van der Waals surface area contributed by atoms with Crippen LogP contribution in [0.25, 0.3) is 0 Å². The van der Waals surface area contributed by atoms with E-state index in [9.17, 15) is 22.3 Å². The van der Waals surface area contributed by atoms with Gasteiger partial charge in [-0.2, -0.15) is 0 Å². The monoisotopic (exact) mass is 350 g/mol. The molecule has 0 atom stereocenters. The number of primary sulfonamides is 1. The molecule has 0 spiro atoms. The third-order valence-electron chi connectivity index (χ3n) is 1.54. The molecule has 1 rings (SSSR count). The van der Waals surface area contributed by atoms with Crippen LogP contribution in [0, 0.1) is 3.70 Å². The number of pyridine rings is 1. The van der Waals surface area contributed by atoms with Gasteiger partial charge in [0, 0.05) is 6.20 Å². The summed E-state index contributed by atoms with van der Waals surface area (Å²) in [7, 11) is -4.32. The molecule has 0 saturated heterocycles. The van der Waals surface area contributed by atoms with E-state index in [0.717, 1.165) is 0 Å². The Kier molecular flexibility index (Phi) is 3.45. The summed E-state index contributed by atoms with van der Waals surface area (Å²) in [6.07, 6.45) is -2.45. The fourth-order valence-corrected chi connectivity index (χ4v) is 2.03. The molecule has 0 saturated carbocycles. The Morgan fingerprint density at radius 2 is 2.07 bits per heavy atom. The summed E-state index contributed by atoms with van der Waals surface area (Å²) in [5.74, 6) is -0.864. The van der Waals surface area contributed by atoms with Crippen LogP contribution in [0.1, 0.15) is 12.0 Å². The molecular weight excluding hydrogens is 345 g/mol. The molecule has 0 aromatic carbocycles. The molecule has 0 aliphatic heterocycles. The standard InChI is InChI=1S/C6H5F2IN2O3S/c7-5(8)3-2(15(10,13)14)1-11-6(9)4(3)12/h1,5,12H,(H2,10,13,14). The minimum Gasteiger partial charge on any atom is -0.505 e. The Morgan fingerprint density at radius 3 is 2.47 bits per heavy atom. The Balaban J connectivity index is 3.62. The van der Waals surface area contributed by atoms with Gasteiger partial charge in [-0.15, -0.1) is 0 Å². The molecule has 0 aliphatic carbocycles. The van der Waals surface area contributed by atoms with Gasteiger partial charge in [-0.05, 0) is 22.6 Å². The van der Waals surface area contributed by atoms with E-state index in [1.807, 2.05) is 0 Å². The number of halogens is 3. The molecule has 15 heavy (non-hydrogen) atoms. The van der Waals surface area contributed by atoms with E-state index >= 15 is 0 Å². The van der Waals surface area contributed by atoms with Crippen molar-refractivity contribution in [1.29, 1.82) is 0 Å². The van der Waals surface area contributed by atoms with Gasteiger partial charge in [0.15, 0.2) is 5.75 Å². The van der Waals surface area contributed by atoms with Gasteiger partial charge in [-0.1, -0.05) is 0 Å². The third kappa shape index (κ3) is 2.52. The highest BCUT2D eigenvalue weighted by molar-refractivity contribution is 14.1. The molecule has 5 nitrogen and oxygen atoms in total. The molecule has 0 aliphatic rings. The zero-order valence-corrected chi connectivity index (χ0v) is 9.96. The predicted molar refractivity (Wildman–Crippen MR) is 54.9 cm³/mol. The topological polar surface area (TPSA) is 93.3 Å². The maximum atomic E-state index is 12.5. The minimum absolute atomic E-state index is 0.115. The largest absolute Gasteiger partial charge is 0.505 e. The Morgan fingerprint density at radius 1 is 1.53 bits per heavy atom. The number of sulfonamides is 1. The van der Waals surface area contributed by atoms with Crippen LogP contribution in [0.15, 0.2) is 11.1 Å². The van der Waals surface area contributed by atoms with Gasteiger partial charge in [0.2, 0.25) is 10.0 Å². The zero-order valence-electron chi connectivity index (χ0n) is 6.99. The first-order chi connectivity index (χ1) is 6.75. The SMILES string of the molecule is NS(=O)(=O)c1cnc(I)c(O)c1C(F)F. The summed E-state index contributed by atoms with van der Waals surface area (Å²) in [5.41, 5.74) is -1.02. The maximum absolute atomic E-state index is 12.5. The van der Waals surface area contributed by atoms with Gasteiger partial charge in [-0.3, -0.25) is 0 Å². The normalized spacial score (nSPS) is 12.1. The smallest absolute Gasteiger partial charge is 0.268 e. The quantitative estimate of drug-likeness (QED) is 0.614. The average molecular weight is 350 g/mol. The van der Waals surface area contributed by atoms with E-state index in [4.69, 9.17) is 5.14 Å². The molecular formula is C6H5F2IN2O3S. The fourth-order valence-electron chi connectivity index (χ4n) is 0.911. The van der Waals surface area contributed by atoms with E-state index in [0.29, 0.717) is 6.20 Å². The van der Waals surface area contributed by atoms with Gasteiger partial charge in [-0.25, -0.2) is 27.3 Å². The maximum Gasteiger partial charge on any atom is 0.268 e. The van der Waals surface area contributed by atoms with Crippen LogP contribution in [0.2, 0.25) is 0 Å². The number of hydrogen-bond acceptors (Lipinski definition) is 4. The molecule has 1 aromatic heterocycles. The molecule has 0 fully saturated rings. The molecule has 0 amide bonds. The summed E-state index contributed by atoms with van der Waals surface area (Å²) < 4.78 is 46.7. The summed E-state index contributed by atoms with van der Waals surface area (Å²) in [4.78, 5) is 2.57. The van der Waals surface area contributed by atoms with Crippen molar-refractivity contribution in [3.63, 3.8) is 0 Å². The lowest BCUT2D eigenvalue weighted by molar-refractivity contribution is 0.143. The number of aromatic hydroxyl groups is 1. The lowest BCUT2D eigenvalue weighted by atomic mass is 10.2. The highest BCUT2D eigenvalue weighted by atomic mass is 127. The van der Waals surface area contributed by atoms with Crippen molar-refractivity contribution in [1.82, 2.24) is 4.98 Å². The van der Waals surface area contributed by atoms with Crippen LogP contribution in [-0.2, 0) is 10.0 Å². The molecule has 0 bridgehead atoms. The van der Waals surface area contributed by atoms with E-state index in [-0.39, 0.29) is 3.70 Å². The van der Waals surface area contributed by atoms with E-state index in [1.165, 1.54) is 22.6 Å². The summed E-state index contributed by atoms with van der Waals surface area (Å²) >= 11 is 1.50. The summed E-state index contributed by atoms with van der Waals surface area (Å²) in [6, 6.07) is 0.